The molecule has 2 rings (SSSR count). The predicted octanol–water partition coefficient (Wildman–Crippen LogP) is -2.27. The Bertz CT molecular complexity index is 573. The average molecular weight is 197 g/mol. The van der Waals surface area contributed by atoms with E-state index in [0.717, 1.165) is 0 Å². The number of hydrogen-bond donors (Lipinski definition) is 3. The lowest BCUT2D eigenvalue weighted by Crippen LogP contribution is -2.42. The Balaban J connectivity index is 2.83. The highest BCUT2D eigenvalue weighted by molar-refractivity contribution is 5.77. The van der Waals surface area contributed by atoms with E-state index in [4.69, 9.17) is 10.4 Å². The van der Waals surface area contributed by atoms with Crippen LogP contribution in [0.15, 0.2) is 14.8 Å². The second-order valence-corrected chi connectivity index (χ2v) is 2.36. The predicted molar refractivity (Wildman–Crippen MR) is 38.6 cm³/mol. The summed E-state index contributed by atoms with van der Waals surface area (Å²) in [6.07, 6.45) is 0. The van der Waals surface area contributed by atoms with Crippen molar-refractivity contribution in [2.24, 2.45) is 9.98 Å². The van der Waals surface area contributed by atoms with E-state index < -0.39 is 17.5 Å². The van der Waals surface area contributed by atoms with Gasteiger partial charge in [-0.15, -0.1) is 0 Å². The smallest absolute Gasteiger partial charge is 0.287 e. The molecule has 72 valence electrons. The molecule has 0 spiro atoms. The lowest BCUT2D eigenvalue weighted by Gasteiger charge is -2.03. The second-order valence-electron chi connectivity index (χ2n) is 2.36. The van der Waals surface area contributed by atoms with Gasteiger partial charge >= 0.3 is 6.03 Å². The molecule has 3 N–H and O–H groups in total. The van der Waals surface area contributed by atoms with E-state index >= 15 is 0 Å². The summed E-state index contributed by atoms with van der Waals surface area (Å²) in [5.74, 6) is -0.539. The normalized spacial score (nSPS) is 13.1. The Morgan fingerprint density at radius 3 is 2.57 bits per heavy atom. The molecule has 1 aliphatic rings. The van der Waals surface area contributed by atoms with Crippen LogP contribution < -0.4 is 21.6 Å². The number of H-pyrrole nitrogens is 1. The maximum absolute atomic E-state index is 11.1. The molecule has 1 aromatic heterocycles. The van der Waals surface area contributed by atoms with Crippen LogP contribution in [0.3, 0.4) is 0 Å². The monoisotopic (exact) mass is 197 g/mol. The summed E-state index contributed by atoms with van der Waals surface area (Å²) in [7, 11) is 0. The molecule has 1 aliphatic heterocycles. The number of carbonyl (C=O) groups excluding carboxylic acids is 1. The molecule has 0 saturated carbocycles. The van der Waals surface area contributed by atoms with Crippen molar-refractivity contribution in [2.75, 3.05) is 5.23 Å². The quantitative estimate of drug-likeness (QED) is 0.435. The van der Waals surface area contributed by atoms with E-state index in [1.54, 1.807) is 0 Å². The second kappa shape index (κ2) is 2.68. The van der Waals surface area contributed by atoms with E-state index in [9.17, 15) is 9.59 Å². The summed E-state index contributed by atoms with van der Waals surface area (Å²) in [4.78, 5) is 33.8. The molecule has 0 fully saturated rings. The minimum atomic E-state index is -0.849. The van der Waals surface area contributed by atoms with E-state index in [2.05, 4.69) is 15.0 Å². The maximum Gasteiger partial charge on any atom is 0.370 e. The highest BCUT2D eigenvalue weighted by Gasteiger charge is 2.12. The van der Waals surface area contributed by atoms with Gasteiger partial charge in [0.2, 0.25) is 0 Å². The van der Waals surface area contributed by atoms with Gasteiger partial charge in [-0.1, -0.05) is 5.23 Å². The van der Waals surface area contributed by atoms with Gasteiger partial charge in [-0.25, -0.2) is 4.79 Å². The summed E-state index contributed by atoms with van der Waals surface area (Å²) in [5.41, 5.74) is -1.01. The van der Waals surface area contributed by atoms with E-state index in [1.807, 2.05) is 4.98 Å². The van der Waals surface area contributed by atoms with Gasteiger partial charge in [0.25, 0.3) is 11.5 Å². The first-order chi connectivity index (χ1) is 6.58. The molecule has 0 saturated heterocycles. The summed E-state index contributed by atoms with van der Waals surface area (Å²) < 4.78 is 0. The number of nitrogens with one attached hydrogen (secondary N) is 1. The number of rotatable bonds is 1. The summed E-state index contributed by atoms with van der Waals surface area (Å²) >= 11 is 0. The van der Waals surface area contributed by atoms with Gasteiger partial charge in [0.15, 0.2) is 10.8 Å². The van der Waals surface area contributed by atoms with Crippen LogP contribution in [0.4, 0.5) is 10.7 Å². The van der Waals surface area contributed by atoms with Crippen LogP contribution in [0.5, 0.6) is 0 Å². The number of nitrogens with zero attached hydrogens (tertiary/aromatic N) is 4. The van der Waals surface area contributed by atoms with Crippen molar-refractivity contribution in [2.45, 2.75) is 0 Å². The SMILES string of the molecule is O=C1N=c2nc(N(O)O)[nH]c(=O)c2=N1. The van der Waals surface area contributed by atoms with Crippen molar-refractivity contribution in [3.05, 3.63) is 21.2 Å². The minimum Gasteiger partial charge on any atom is -0.287 e. The molecule has 0 aromatic carbocycles. The Morgan fingerprint density at radius 1 is 1.21 bits per heavy atom. The number of amides is 2. The molecule has 0 radical (unpaired) electrons. The third-order valence-corrected chi connectivity index (χ3v) is 1.46. The Labute approximate surface area is 74.6 Å². The summed E-state index contributed by atoms with van der Waals surface area (Å²) in [6.45, 7) is 0. The third kappa shape index (κ3) is 1.16. The van der Waals surface area contributed by atoms with Gasteiger partial charge in [-0.05, 0) is 0 Å². The highest BCUT2D eigenvalue weighted by Crippen LogP contribution is 1.91. The zero-order valence-electron chi connectivity index (χ0n) is 6.50. The first-order valence-electron chi connectivity index (χ1n) is 3.37. The van der Waals surface area contributed by atoms with Crippen molar-refractivity contribution >= 4 is 12.0 Å². The van der Waals surface area contributed by atoms with Crippen molar-refractivity contribution in [3.8, 4) is 0 Å². The number of hydrogen-bond acceptors (Lipinski definition) is 6. The Morgan fingerprint density at radius 2 is 1.93 bits per heavy atom. The van der Waals surface area contributed by atoms with Crippen LogP contribution in [0.2, 0.25) is 0 Å². The van der Waals surface area contributed by atoms with Crippen molar-refractivity contribution < 1.29 is 15.2 Å². The molecule has 9 nitrogen and oxygen atoms in total. The first-order valence-corrected chi connectivity index (χ1v) is 3.37. The Kier molecular flexibility index (Phi) is 1.62. The molecular formula is C5H3N5O4. The standard InChI is InChI=1S/C5H3N5O4/c11-3-1-2(8-5(12)6-1)7-4(9-3)10(13)14/h13-14H,(H,7,8,9,11,12). The van der Waals surface area contributed by atoms with Gasteiger partial charge < -0.3 is 0 Å². The molecule has 0 aliphatic carbocycles. The number of anilines is 1. The lowest BCUT2D eigenvalue weighted by molar-refractivity contribution is 0.0238. The molecule has 14 heavy (non-hydrogen) atoms. The molecule has 2 heterocycles. The van der Waals surface area contributed by atoms with Gasteiger partial charge in [0.05, 0.1) is 0 Å². The maximum atomic E-state index is 11.1. The highest BCUT2D eigenvalue weighted by atomic mass is 16.8. The molecular weight excluding hydrogens is 194 g/mol. The zero-order chi connectivity index (χ0) is 10.3. The number of aromatic amines is 1. The molecule has 0 atom stereocenters. The fourth-order valence-electron chi connectivity index (χ4n) is 0.928. The Hall–Kier alpha value is -2.13. The fourth-order valence-corrected chi connectivity index (χ4v) is 0.928. The van der Waals surface area contributed by atoms with E-state index in [0.29, 0.717) is 0 Å². The largest absolute Gasteiger partial charge is 0.370 e. The van der Waals surface area contributed by atoms with E-state index in [-0.39, 0.29) is 16.1 Å². The van der Waals surface area contributed by atoms with Crippen LogP contribution >= 0.6 is 0 Å². The van der Waals surface area contributed by atoms with Crippen LogP contribution in [0.1, 0.15) is 0 Å². The zero-order valence-corrected chi connectivity index (χ0v) is 6.50. The van der Waals surface area contributed by atoms with Crippen LogP contribution in [-0.4, -0.2) is 26.4 Å². The number of fused-ring (bicyclic) bond motifs is 1. The number of carbonyl (C=O) groups is 1. The van der Waals surface area contributed by atoms with Crippen molar-refractivity contribution in [3.63, 3.8) is 0 Å². The molecule has 1 aromatic rings. The number of urea groups is 1. The topological polar surface area (TPSA) is 131 Å². The lowest BCUT2D eigenvalue weighted by atomic mass is 10.6. The van der Waals surface area contributed by atoms with Crippen molar-refractivity contribution in [1.29, 1.82) is 0 Å². The number of aromatic nitrogens is 2. The minimum absolute atomic E-state index is 0.234. The van der Waals surface area contributed by atoms with Gasteiger partial charge in [-0.3, -0.25) is 20.2 Å². The van der Waals surface area contributed by atoms with Crippen molar-refractivity contribution in [1.82, 2.24) is 9.97 Å². The van der Waals surface area contributed by atoms with Gasteiger partial charge in [-0.2, -0.15) is 15.0 Å². The molecule has 2 amide bonds. The summed E-state index contributed by atoms with van der Waals surface area (Å²) in [5, 5.41) is 16.5. The van der Waals surface area contributed by atoms with Gasteiger partial charge in [0.1, 0.15) is 0 Å². The van der Waals surface area contributed by atoms with Crippen LogP contribution in [0, 0.1) is 0 Å². The van der Waals surface area contributed by atoms with Crippen LogP contribution in [0.25, 0.3) is 0 Å². The average Bonchev–Trinajstić information content (AvgIpc) is 2.45. The molecule has 0 bridgehead atoms. The fraction of sp³-hybridized carbons (Fsp3) is 0. The van der Waals surface area contributed by atoms with E-state index in [1.165, 1.54) is 0 Å². The van der Waals surface area contributed by atoms with Crippen LogP contribution in [-0.2, 0) is 0 Å². The summed E-state index contributed by atoms with van der Waals surface area (Å²) in [6, 6.07) is -0.849. The van der Waals surface area contributed by atoms with Gasteiger partial charge in [0, 0.05) is 0 Å². The molecule has 9 heteroatoms. The third-order valence-electron chi connectivity index (χ3n) is 1.46. The molecule has 0 unspecified atom stereocenters. The first kappa shape index (κ1) is 8.47.